The van der Waals surface area contributed by atoms with Crippen molar-refractivity contribution in [2.24, 2.45) is 0 Å². The molecule has 6 nitrogen and oxygen atoms in total. The van der Waals surface area contributed by atoms with Crippen LogP contribution < -0.4 is 16.6 Å². The van der Waals surface area contributed by atoms with Crippen molar-refractivity contribution in [3.05, 3.63) is 30.3 Å². The lowest BCUT2D eigenvalue weighted by Gasteiger charge is -2.20. The molecule has 5 N–H and O–H groups in total. The molecule has 0 aliphatic carbocycles. The Morgan fingerprint density at radius 3 is 2.62 bits per heavy atom. The molecule has 0 unspecified atom stereocenters. The molecule has 0 bridgehead atoms. The Hall–Kier alpha value is -2.63. The zero-order valence-corrected chi connectivity index (χ0v) is 12.2. The summed E-state index contributed by atoms with van der Waals surface area (Å²) >= 11 is 0. The number of hydrogen-bond donors (Lipinski definition) is 4. The lowest BCUT2D eigenvalue weighted by Crippen LogP contribution is -2.35. The molecule has 6 heteroatoms. The van der Waals surface area contributed by atoms with E-state index < -0.39 is 11.7 Å². The fourth-order valence-electron chi connectivity index (χ4n) is 1.94. The molecule has 0 aromatic heterocycles. The zero-order chi connectivity index (χ0) is 15.6. The number of amides is 1. The van der Waals surface area contributed by atoms with Crippen LogP contribution in [0.15, 0.2) is 30.3 Å². The number of nitrogen functional groups attached to an aromatic ring is 1. The van der Waals surface area contributed by atoms with Gasteiger partial charge in [0, 0.05) is 11.1 Å². The highest BCUT2D eigenvalue weighted by molar-refractivity contribution is 6.04. The van der Waals surface area contributed by atoms with Crippen molar-refractivity contribution >= 4 is 28.2 Å². The van der Waals surface area contributed by atoms with Crippen LogP contribution in [0.25, 0.3) is 10.8 Å². The molecular formula is C15H19N3O3. The number of carbonyl (C=O) groups is 1. The van der Waals surface area contributed by atoms with Crippen LogP contribution in [-0.4, -0.2) is 16.8 Å². The summed E-state index contributed by atoms with van der Waals surface area (Å²) in [6.07, 6.45) is -0.645. The first-order chi connectivity index (χ1) is 9.78. The van der Waals surface area contributed by atoms with Gasteiger partial charge < -0.3 is 15.6 Å². The van der Waals surface area contributed by atoms with Gasteiger partial charge in [0.15, 0.2) is 0 Å². The predicted octanol–water partition coefficient (Wildman–Crippen LogP) is 2.98. The van der Waals surface area contributed by atoms with Gasteiger partial charge in [-0.15, -0.1) is 0 Å². The molecule has 0 saturated heterocycles. The first-order valence-corrected chi connectivity index (χ1v) is 6.53. The van der Waals surface area contributed by atoms with Crippen molar-refractivity contribution in [3.63, 3.8) is 0 Å². The van der Waals surface area contributed by atoms with Gasteiger partial charge in [-0.1, -0.05) is 18.2 Å². The second-order valence-corrected chi connectivity index (χ2v) is 5.66. The first-order valence-electron chi connectivity index (χ1n) is 6.53. The van der Waals surface area contributed by atoms with Crippen LogP contribution in [0, 0.1) is 0 Å². The maximum absolute atomic E-state index is 11.7. The van der Waals surface area contributed by atoms with Crippen LogP contribution in [0.4, 0.5) is 16.2 Å². The minimum absolute atomic E-state index is 0.0172. The number of fused-ring (bicyclic) bond motifs is 1. The fraction of sp³-hybridized carbons (Fsp3) is 0.267. The predicted molar refractivity (Wildman–Crippen MR) is 83.0 cm³/mol. The summed E-state index contributed by atoms with van der Waals surface area (Å²) in [7, 11) is 0. The van der Waals surface area contributed by atoms with Crippen molar-refractivity contribution in [2.75, 3.05) is 11.2 Å². The number of ether oxygens (including phenoxy) is 1. The van der Waals surface area contributed by atoms with Crippen LogP contribution in [0.2, 0.25) is 0 Å². The monoisotopic (exact) mass is 289 g/mol. The molecule has 0 radical (unpaired) electrons. The topological polar surface area (TPSA) is 96.6 Å². The number of benzene rings is 2. The third kappa shape index (κ3) is 3.47. The molecule has 2 aromatic carbocycles. The van der Waals surface area contributed by atoms with E-state index in [-0.39, 0.29) is 5.75 Å². The Morgan fingerprint density at radius 1 is 1.24 bits per heavy atom. The van der Waals surface area contributed by atoms with Crippen molar-refractivity contribution < 1.29 is 14.6 Å². The van der Waals surface area contributed by atoms with Crippen molar-refractivity contribution in [1.82, 2.24) is 5.43 Å². The van der Waals surface area contributed by atoms with Crippen LogP contribution >= 0.6 is 0 Å². The van der Waals surface area contributed by atoms with Gasteiger partial charge in [-0.05, 0) is 38.3 Å². The Bertz CT molecular complexity index is 678. The number of nitrogens with one attached hydrogen (secondary N) is 2. The van der Waals surface area contributed by atoms with Crippen LogP contribution in [0.3, 0.4) is 0 Å². The third-order valence-corrected chi connectivity index (χ3v) is 2.74. The van der Waals surface area contributed by atoms with E-state index >= 15 is 0 Å². The van der Waals surface area contributed by atoms with Crippen LogP contribution in [0.1, 0.15) is 20.8 Å². The number of carbonyl (C=O) groups excluding carboxylic acids is 1. The standard InChI is InChI=1S/C15H19N3O3/c1-15(2,3)21-14(20)18-17-13-11(19)8-7-9-5-4-6-10(16)12(9)13/h4-8,17,19H,16H2,1-3H3,(H,18,20). The number of phenols is 1. The minimum Gasteiger partial charge on any atom is -0.506 e. The SMILES string of the molecule is CC(C)(C)OC(=O)NNc1c(O)ccc2cccc(N)c12. The molecule has 0 aliphatic rings. The Labute approximate surface area is 122 Å². The normalized spacial score (nSPS) is 11.2. The second kappa shape index (κ2) is 5.40. The lowest BCUT2D eigenvalue weighted by molar-refractivity contribution is 0.0541. The van der Waals surface area contributed by atoms with E-state index in [1.807, 2.05) is 12.1 Å². The van der Waals surface area contributed by atoms with Gasteiger partial charge in [-0.2, -0.15) is 0 Å². The minimum atomic E-state index is -0.645. The van der Waals surface area contributed by atoms with Gasteiger partial charge >= 0.3 is 6.09 Å². The highest BCUT2D eigenvalue weighted by Gasteiger charge is 2.17. The summed E-state index contributed by atoms with van der Waals surface area (Å²) in [5.41, 5.74) is 11.2. The highest BCUT2D eigenvalue weighted by atomic mass is 16.6. The van der Waals surface area contributed by atoms with E-state index in [1.165, 1.54) is 6.07 Å². The van der Waals surface area contributed by atoms with E-state index in [9.17, 15) is 9.90 Å². The summed E-state index contributed by atoms with van der Waals surface area (Å²) in [6.45, 7) is 5.29. The third-order valence-electron chi connectivity index (χ3n) is 2.74. The van der Waals surface area contributed by atoms with Gasteiger partial charge in [0.25, 0.3) is 0 Å². The number of nitrogens with two attached hydrogens (primary N) is 1. The molecule has 21 heavy (non-hydrogen) atoms. The van der Waals surface area contributed by atoms with Crippen LogP contribution in [-0.2, 0) is 4.74 Å². The van der Waals surface area contributed by atoms with Crippen molar-refractivity contribution in [1.29, 1.82) is 0 Å². The van der Waals surface area contributed by atoms with Gasteiger partial charge in [0.05, 0.1) is 0 Å². The number of hydrazine groups is 1. The number of phenolic OH excluding ortho intramolecular Hbond substituents is 1. The van der Waals surface area contributed by atoms with Crippen molar-refractivity contribution in [3.8, 4) is 5.75 Å². The Morgan fingerprint density at radius 2 is 1.95 bits per heavy atom. The average Bonchev–Trinajstić information content (AvgIpc) is 2.36. The van der Waals surface area contributed by atoms with E-state index in [0.29, 0.717) is 16.8 Å². The number of rotatable bonds is 2. The first kappa shape index (κ1) is 14.8. The highest BCUT2D eigenvalue weighted by Crippen LogP contribution is 2.35. The van der Waals surface area contributed by atoms with Gasteiger partial charge in [0.2, 0.25) is 0 Å². The number of anilines is 2. The van der Waals surface area contributed by atoms with Gasteiger partial charge in [-0.3, -0.25) is 5.43 Å². The molecule has 2 rings (SSSR count). The molecular weight excluding hydrogens is 270 g/mol. The van der Waals surface area contributed by atoms with E-state index in [0.717, 1.165) is 5.39 Å². The maximum atomic E-state index is 11.7. The maximum Gasteiger partial charge on any atom is 0.426 e. The molecule has 0 atom stereocenters. The molecule has 0 saturated carbocycles. The van der Waals surface area contributed by atoms with Crippen molar-refractivity contribution in [2.45, 2.75) is 26.4 Å². The molecule has 0 heterocycles. The second-order valence-electron chi connectivity index (χ2n) is 5.66. The molecule has 2 aromatic rings. The molecule has 0 fully saturated rings. The molecule has 0 aliphatic heterocycles. The van der Waals surface area contributed by atoms with E-state index in [4.69, 9.17) is 10.5 Å². The summed E-state index contributed by atoms with van der Waals surface area (Å²) in [6, 6.07) is 8.69. The van der Waals surface area contributed by atoms with Gasteiger partial charge in [0.1, 0.15) is 17.0 Å². The summed E-state index contributed by atoms with van der Waals surface area (Å²) < 4.78 is 5.12. The van der Waals surface area contributed by atoms with Crippen LogP contribution in [0.5, 0.6) is 5.75 Å². The molecule has 112 valence electrons. The van der Waals surface area contributed by atoms with E-state index in [2.05, 4.69) is 10.9 Å². The van der Waals surface area contributed by atoms with Gasteiger partial charge in [-0.25, -0.2) is 10.2 Å². The summed E-state index contributed by atoms with van der Waals surface area (Å²) in [5.74, 6) is -0.0172. The lowest BCUT2D eigenvalue weighted by atomic mass is 10.1. The zero-order valence-electron chi connectivity index (χ0n) is 12.2. The Kier molecular flexibility index (Phi) is 3.80. The summed E-state index contributed by atoms with van der Waals surface area (Å²) in [4.78, 5) is 11.7. The fourth-order valence-corrected chi connectivity index (χ4v) is 1.94. The Balaban J connectivity index is 2.26. The summed E-state index contributed by atoms with van der Waals surface area (Å²) in [5, 5.41) is 11.4. The molecule has 0 spiro atoms. The average molecular weight is 289 g/mol. The number of hydrogen-bond acceptors (Lipinski definition) is 5. The quantitative estimate of drug-likeness (QED) is 0.387. The number of aromatic hydroxyl groups is 1. The largest absolute Gasteiger partial charge is 0.506 e. The van der Waals surface area contributed by atoms with E-state index in [1.54, 1.807) is 32.9 Å². The smallest absolute Gasteiger partial charge is 0.426 e. The molecule has 1 amide bonds.